The minimum Gasteiger partial charge on any atom is -0.344 e. The van der Waals surface area contributed by atoms with Gasteiger partial charge in [0.2, 0.25) is 5.78 Å². The molecule has 0 N–H and O–H groups in total. The lowest BCUT2D eigenvalue weighted by atomic mass is 10.0. The first-order valence-corrected chi connectivity index (χ1v) is 8.19. The fourth-order valence-corrected chi connectivity index (χ4v) is 3.20. The maximum absolute atomic E-state index is 13.2. The molecule has 134 valence electrons. The lowest BCUT2D eigenvalue weighted by Crippen LogP contribution is -2.12. The highest BCUT2D eigenvalue weighted by molar-refractivity contribution is 6.09. The summed E-state index contributed by atoms with van der Waals surface area (Å²) in [6.45, 7) is 1.80. The molecule has 0 fully saturated rings. The minimum atomic E-state index is -4.40. The molecule has 3 aromatic rings. The second-order valence-electron chi connectivity index (χ2n) is 6.25. The monoisotopic (exact) mass is 357 g/mol. The van der Waals surface area contributed by atoms with Crippen LogP contribution in [0.25, 0.3) is 0 Å². The van der Waals surface area contributed by atoms with Gasteiger partial charge in [0, 0.05) is 24.7 Å². The van der Waals surface area contributed by atoms with Crippen LogP contribution in [0.2, 0.25) is 0 Å². The molecule has 2 nitrogen and oxygen atoms in total. The molecule has 1 aromatic heterocycles. The lowest BCUT2D eigenvalue weighted by molar-refractivity contribution is -0.138. The zero-order valence-electron chi connectivity index (χ0n) is 14.5. The van der Waals surface area contributed by atoms with Crippen LogP contribution in [0.4, 0.5) is 13.2 Å². The maximum atomic E-state index is 13.2. The van der Waals surface area contributed by atoms with Gasteiger partial charge >= 0.3 is 6.18 Å². The van der Waals surface area contributed by atoms with Crippen molar-refractivity contribution in [2.24, 2.45) is 7.05 Å². The van der Waals surface area contributed by atoms with Crippen LogP contribution in [0.5, 0.6) is 0 Å². The molecule has 0 spiro atoms. The Kier molecular flexibility index (Phi) is 4.72. The van der Waals surface area contributed by atoms with Crippen molar-refractivity contribution in [3.63, 3.8) is 0 Å². The standard InChI is InChI=1S/C21H18F3NO/c1-14-12-17(13-16-10-6-7-11-18(16)21(22,23)24)25(2)19(14)20(26)15-8-4-3-5-9-15/h3-12H,13H2,1-2H3. The van der Waals surface area contributed by atoms with E-state index in [2.05, 4.69) is 0 Å². The Hall–Kier alpha value is -2.82. The summed E-state index contributed by atoms with van der Waals surface area (Å²) in [5.41, 5.74) is 2.02. The third-order valence-electron chi connectivity index (χ3n) is 4.47. The molecule has 26 heavy (non-hydrogen) atoms. The van der Waals surface area contributed by atoms with Crippen LogP contribution in [-0.2, 0) is 19.6 Å². The summed E-state index contributed by atoms with van der Waals surface area (Å²) in [5, 5.41) is 0. The van der Waals surface area contributed by atoms with Crippen molar-refractivity contribution in [3.8, 4) is 0 Å². The number of alkyl halides is 3. The normalized spacial score (nSPS) is 11.6. The third-order valence-corrected chi connectivity index (χ3v) is 4.47. The molecule has 3 rings (SSSR count). The maximum Gasteiger partial charge on any atom is 0.416 e. The van der Waals surface area contributed by atoms with Gasteiger partial charge in [-0.1, -0.05) is 48.5 Å². The van der Waals surface area contributed by atoms with Crippen molar-refractivity contribution >= 4 is 5.78 Å². The smallest absolute Gasteiger partial charge is 0.344 e. The van der Waals surface area contributed by atoms with Crippen LogP contribution in [0.3, 0.4) is 0 Å². The molecule has 0 bridgehead atoms. The van der Waals surface area contributed by atoms with Gasteiger partial charge in [0.05, 0.1) is 11.3 Å². The Labute approximate surface area is 149 Å². The molecule has 0 unspecified atom stereocenters. The summed E-state index contributed by atoms with van der Waals surface area (Å²) in [5.74, 6) is -0.138. The fraction of sp³-hybridized carbons (Fsp3) is 0.190. The number of ketones is 1. The quantitative estimate of drug-likeness (QED) is 0.590. The molecular weight excluding hydrogens is 339 g/mol. The van der Waals surface area contributed by atoms with Crippen LogP contribution >= 0.6 is 0 Å². The first-order valence-electron chi connectivity index (χ1n) is 8.19. The Bertz CT molecular complexity index is 940. The number of benzene rings is 2. The van der Waals surface area contributed by atoms with Crippen molar-refractivity contribution in [1.29, 1.82) is 0 Å². The highest BCUT2D eigenvalue weighted by Crippen LogP contribution is 2.33. The van der Waals surface area contributed by atoms with Gasteiger partial charge in [-0.15, -0.1) is 0 Å². The fourth-order valence-electron chi connectivity index (χ4n) is 3.20. The average molecular weight is 357 g/mol. The number of hydrogen-bond donors (Lipinski definition) is 0. The van der Waals surface area contributed by atoms with E-state index >= 15 is 0 Å². The Morgan fingerprint density at radius 2 is 1.62 bits per heavy atom. The van der Waals surface area contributed by atoms with Crippen LogP contribution in [0.15, 0.2) is 60.7 Å². The molecule has 0 atom stereocenters. The predicted molar refractivity (Wildman–Crippen MR) is 94.3 cm³/mol. The van der Waals surface area contributed by atoms with Crippen molar-refractivity contribution in [3.05, 3.63) is 94.3 Å². The van der Waals surface area contributed by atoms with Gasteiger partial charge in [0.25, 0.3) is 0 Å². The molecule has 0 aliphatic heterocycles. The topological polar surface area (TPSA) is 22.0 Å². The zero-order valence-corrected chi connectivity index (χ0v) is 14.5. The first-order chi connectivity index (χ1) is 12.3. The van der Waals surface area contributed by atoms with Gasteiger partial charge in [0.1, 0.15) is 0 Å². The third kappa shape index (κ3) is 3.43. The molecular formula is C21H18F3NO. The largest absolute Gasteiger partial charge is 0.416 e. The van der Waals surface area contributed by atoms with E-state index in [9.17, 15) is 18.0 Å². The number of aryl methyl sites for hydroxylation is 1. The molecule has 0 aliphatic carbocycles. The molecule has 2 aromatic carbocycles. The van der Waals surface area contributed by atoms with Crippen molar-refractivity contribution in [1.82, 2.24) is 4.57 Å². The van der Waals surface area contributed by atoms with Crippen LogP contribution in [0, 0.1) is 6.92 Å². The number of carbonyl (C=O) groups is 1. The highest BCUT2D eigenvalue weighted by atomic mass is 19.4. The first kappa shape index (κ1) is 18.0. The summed E-state index contributed by atoms with van der Waals surface area (Å²) in [4.78, 5) is 12.8. The van der Waals surface area contributed by atoms with Gasteiger partial charge in [-0.2, -0.15) is 13.2 Å². The van der Waals surface area contributed by atoms with E-state index in [0.717, 1.165) is 11.6 Å². The molecule has 0 saturated carbocycles. The Balaban J connectivity index is 1.99. The number of rotatable bonds is 4. The van der Waals surface area contributed by atoms with E-state index in [4.69, 9.17) is 0 Å². The summed E-state index contributed by atoms with van der Waals surface area (Å²) in [6, 6.07) is 16.2. The summed E-state index contributed by atoms with van der Waals surface area (Å²) >= 11 is 0. The van der Waals surface area contributed by atoms with Crippen LogP contribution < -0.4 is 0 Å². The zero-order chi connectivity index (χ0) is 18.9. The van der Waals surface area contributed by atoms with E-state index < -0.39 is 11.7 Å². The Morgan fingerprint density at radius 1 is 1.00 bits per heavy atom. The molecule has 0 radical (unpaired) electrons. The molecule has 1 heterocycles. The van der Waals surface area contributed by atoms with E-state index in [1.807, 2.05) is 6.07 Å². The van der Waals surface area contributed by atoms with Gasteiger partial charge in [-0.05, 0) is 30.2 Å². The highest BCUT2D eigenvalue weighted by Gasteiger charge is 2.33. The minimum absolute atomic E-state index is 0.106. The van der Waals surface area contributed by atoms with E-state index in [1.165, 1.54) is 12.1 Å². The Morgan fingerprint density at radius 3 is 2.27 bits per heavy atom. The number of aromatic nitrogens is 1. The van der Waals surface area contributed by atoms with Crippen LogP contribution in [0.1, 0.15) is 38.4 Å². The molecule has 0 aliphatic rings. The summed E-state index contributed by atoms with van der Waals surface area (Å²) in [6.07, 6.45) is -4.30. The van der Waals surface area contributed by atoms with Crippen LogP contribution in [-0.4, -0.2) is 10.4 Å². The summed E-state index contributed by atoms with van der Waals surface area (Å²) < 4.78 is 41.4. The van der Waals surface area contributed by atoms with Crippen molar-refractivity contribution in [2.45, 2.75) is 19.5 Å². The lowest BCUT2D eigenvalue weighted by Gasteiger charge is -2.13. The van der Waals surface area contributed by atoms with E-state index in [-0.39, 0.29) is 17.8 Å². The van der Waals surface area contributed by atoms with Gasteiger partial charge in [0.15, 0.2) is 0 Å². The second kappa shape index (κ2) is 6.83. The van der Waals surface area contributed by atoms with Crippen molar-refractivity contribution < 1.29 is 18.0 Å². The molecule has 5 heteroatoms. The van der Waals surface area contributed by atoms with Gasteiger partial charge < -0.3 is 4.57 Å². The van der Waals surface area contributed by atoms with Gasteiger partial charge in [-0.3, -0.25) is 4.79 Å². The summed E-state index contributed by atoms with van der Waals surface area (Å²) in [7, 11) is 1.72. The number of hydrogen-bond acceptors (Lipinski definition) is 1. The number of carbonyl (C=O) groups excluding carboxylic acids is 1. The average Bonchev–Trinajstić information content (AvgIpc) is 2.88. The van der Waals surface area contributed by atoms with E-state index in [1.54, 1.807) is 54.9 Å². The van der Waals surface area contributed by atoms with E-state index in [0.29, 0.717) is 17.0 Å². The van der Waals surface area contributed by atoms with Crippen molar-refractivity contribution in [2.75, 3.05) is 0 Å². The molecule has 0 saturated heterocycles. The number of nitrogens with zero attached hydrogens (tertiary/aromatic N) is 1. The molecule has 0 amide bonds. The second-order valence-corrected chi connectivity index (χ2v) is 6.25. The van der Waals surface area contributed by atoms with Gasteiger partial charge in [-0.25, -0.2) is 0 Å². The number of halogens is 3. The SMILES string of the molecule is Cc1cc(Cc2ccccc2C(F)(F)F)n(C)c1C(=O)c1ccccc1. The predicted octanol–water partition coefficient (Wildman–Crippen LogP) is 5.17.